The Kier molecular flexibility index (Phi) is 4.15. The van der Waals surface area contributed by atoms with Crippen LogP contribution in [-0.4, -0.2) is 30.7 Å². The van der Waals surface area contributed by atoms with Crippen molar-refractivity contribution in [2.24, 2.45) is 5.92 Å². The van der Waals surface area contributed by atoms with E-state index in [1.807, 2.05) is 0 Å². The second kappa shape index (κ2) is 6.06. The van der Waals surface area contributed by atoms with Crippen molar-refractivity contribution in [3.8, 4) is 0 Å². The zero-order valence-electron chi connectivity index (χ0n) is 12.6. The zero-order chi connectivity index (χ0) is 14.8. The Bertz CT molecular complexity index is 522. The number of rotatable bonds is 4. The molecule has 0 spiro atoms. The minimum Gasteiger partial charge on any atom is -0.481 e. The first kappa shape index (κ1) is 14.4. The third kappa shape index (κ3) is 3.21. The van der Waals surface area contributed by atoms with Crippen LogP contribution in [0.1, 0.15) is 36.8 Å². The highest BCUT2D eigenvalue weighted by Gasteiger charge is 2.25. The lowest BCUT2D eigenvalue weighted by Gasteiger charge is -2.27. The third-order valence-corrected chi connectivity index (χ3v) is 4.94. The number of carbonyl (C=O) groups is 1. The number of aliphatic carboxylic acids is 1. The van der Waals surface area contributed by atoms with Gasteiger partial charge in [-0.2, -0.15) is 0 Å². The number of nitrogens with zero attached hydrogens (tertiary/aromatic N) is 1. The van der Waals surface area contributed by atoms with Crippen LogP contribution in [-0.2, 0) is 17.8 Å². The van der Waals surface area contributed by atoms with Crippen LogP contribution in [0.3, 0.4) is 0 Å². The predicted molar refractivity (Wildman–Crippen MR) is 83.6 cm³/mol. The van der Waals surface area contributed by atoms with Gasteiger partial charge in [-0.05, 0) is 49.3 Å². The molecule has 114 valence electrons. The molecule has 21 heavy (non-hydrogen) atoms. The molecule has 3 rings (SSSR count). The smallest absolute Gasteiger partial charge is 0.306 e. The van der Waals surface area contributed by atoms with Crippen molar-refractivity contribution in [1.29, 1.82) is 0 Å². The molecule has 1 saturated carbocycles. The number of anilines is 1. The van der Waals surface area contributed by atoms with Crippen molar-refractivity contribution in [2.75, 3.05) is 18.5 Å². The van der Waals surface area contributed by atoms with Gasteiger partial charge >= 0.3 is 5.97 Å². The number of fused-ring (bicyclic) bond motifs is 1. The lowest BCUT2D eigenvalue weighted by Crippen LogP contribution is -2.34. The molecule has 1 heterocycles. The number of likely N-dealkylation sites (N-methyl/N-ethyl adjacent to an activating group) is 1. The summed E-state index contributed by atoms with van der Waals surface area (Å²) in [5, 5.41) is 12.6. The summed E-state index contributed by atoms with van der Waals surface area (Å²) in [6.45, 7) is 2.00. The Morgan fingerprint density at radius 3 is 2.81 bits per heavy atom. The van der Waals surface area contributed by atoms with Crippen molar-refractivity contribution >= 4 is 11.7 Å². The quantitative estimate of drug-likeness (QED) is 0.893. The van der Waals surface area contributed by atoms with Gasteiger partial charge in [-0.15, -0.1) is 0 Å². The van der Waals surface area contributed by atoms with Crippen molar-refractivity contribution in [2.45, 2.75) is 44.7 Å². The molecule has 4 nitrogen and oxygen atoms in total. The molecule has 1 aliphatic carbocycles. The first-order chi connectivity index (χ1) is 10.1. The first-order valence-electron chi connectivity index (χ1n) is 7.92. The zero-order valence-corrected chi connectivity index (χ0v) is 12.6. The molecule has 1 fully saturated rings. The third-order valence-electron chi connectivity index (χ3n) is 4.94. The molecule has 0 aromatic heterocycles. The van der Waals surface area contributed by atoms with E-state index >= 15 is 0 Å². The fraction of sp³-hybridized carbons (Fsp3) is 0.588. The van der Waals surface area contributed by atoms with Crippen molar-refractivity contribution in [1.82, 2.24) is 5.32 Å². The molecular formula is C17H24N2O2. The number of nitrogens with one attached hydrogen (secondary N) is 1. The lowest BCUT2D eigenvalue weighted by molar-refractivity contribution is -0.142. The summed E-state index contributed by atoms with van der Waals surface area (Å²) < 4.78 is 0. The second-order valence-corrected chi connectivity index (χ2v) is 6.40. The highest BCUT2D eigenvalue weighted by molar-refractivity contribution is 5.70. The summed E-state index contributed by atoms with van der Waals surface area (Å²) in [5.74, 6) is -0.755. The molecule has 0 amide bonds. The molecule has 0 atom stereocenters. The molecule has 1 aliphatic heterocycles. The Morgan fingerprint density at radius 2 is 2.10 bits per heavy atom. The van der Waals surface area contributed by atoms with Gasteiger partial charge in [-0.25, -0.2) is 0 Å². The SMILES string of the molecule is CN1CCc2cc(CNC3CCC(C(=O)O)CC3)ccc21. The largest absolute Gasteiger partial charge is 0.481 e. The van der Waals surface area contributed by atoms with E-state index in [-0.39, 0.29) is 5.92 Å². The van der Waals surface area contributed by atoms with E-state index in [0.29, 0.717) is 6.04 Å². The van der Waals surface area contributed by atoms with Crippen LogP contribution in [0.25, 0.3) is 0 Å². The topological polar surface area (TPSA) is 52.6 Å². The monoisotopic (exact) mass is 288 g/mol. The number of hydrogen-bond acceptors (Lipinski definition) is 3. The molecule has 0 saturated heterocycles. The van der Waals surface area contributed by atoms with Gasteiger partial charge in [-0.3, -0.25) is 4.79 Å². The Hall–Kier alpha value is -1.55. The molecule has 0 radical (unpaired) electrons. The van der Waals surface area contributed by atoms with Crippen molar-refractivity contribution in [3.63, 3.8) is 0 Å². The van der Waals surface area contributed by atoms with Gasteiger partial charge in [0, 0.05) is 31.9 Å². The van der Waals surface area contributed by atoms with Gasteiger partial charge in [0.25, 0.3) is 0 Å². The molecular weight excluding hydrogens is 264 g/mol. The van der Waals surface area contributed by atoms with Crippen LogP contribution in [0.2, 0.25) is 0 Å². The van der Waals surface area contributed by atoms with Crippen LogP contribution < -0.4 is 10.2 Å². The average Bonchev–Trinajstić information content (AvgIpc) is 2.86. The van der Waals surface area contributed by atoms with Gasteiger partial charge in [-0.1, -0.05) is 12.1 Å². The average molecular weight is 288 g/mol. The number of carboxylic acids is 1. The molecule has 0 bridgehead atoms. The minimum atomic E-state index is -0.629. The van der Waals surface area contributed by atoms with Crippen molar-refractivity contribution in [3.05, 3.63) is 29.3 Å². The van der Waals surface area contributed by atoms with Crippen LogP contribution in [0.15, 0.2) is 18.2 Å². The minimum absolute atomic E-state index is 0.126. The molecule has 2 N–H and O–H groups in total. The molecule has 1 aromatic carbocycles. The molecule has 0 unspecified atom stereocenters. The van der Waals surface area contributed by atoms with Gasteiger partial charge in [0.15, 0.2) is 0 Å². The number of benzene rings is 1. The van der Waals surface area contributed by atoms with E-state index in [0.717, 1.165) is 45.2 Å². The fourth-order valence-electron chi connectivity index (χ4n) is 3.54. The summed E-state index contributed by atoms with van der Waals surface area (Å²) in [6.07, 6.45) is 4.71. The van der Waals surface area contributed by atoms with Crippen molar-refractivity contribution < 1.29 is 9.90 Å². The van der Waals surface area contributed by atoms with Crippen LogP contribution >= 0.6 is 0 Å². The van der Waals surface area contributed by atoms with E-state index in [1.165, 1.54) is 16.8 Å². The van der Waals surface area contributed by atoms with Crippen LogP contribution in [0.4, 0.5) is 5.69 Å². The number of carboxylic acid groups (broad SMARTS) is 1. The molecule has 2 aliphatic rings. The Balaban J connectivity index is 1.51. The first-order valence-corrected chi connectivity index (χ1v) is 7.92. The summed E-state index contributed by atoms with van der Waals surface area (Å²) in [6, 6.07) is 7.21. The summed E-state index contributed by atoms with van der Waals surface area (Å²) in [7, 11) is 2.14. The predicted octanol–water partition coefficient (Wildman–Crippen LogP) is 2.41. The maximum Gasteiger partial charge on any atom is 0.306 e. The fourth-order valence-corrected chi connectivity index (χ4v) is 3.54. The van der Waals surface area contributed by atoms with Crippen LogP contribution in [0.5, 0.6) is 0 Å². The Labute approximate surface area is 126 Å². The van der Waals surface area contributed by atoms with E-state index in [9.17, 15) is 4.79 Å². The molecule has 4 heteroatoms. The van der Waals surface area contributed by atoms with Gasteiger partial charge in [0.1, 0.15) is 0 Å². The Morgan fingerprint density at radius 1 is 1.33 bits per heavy atom. The van der Waals surface area contributed by atoms with E-state index in [4.69, 9.17) is 5.11 Å². The summed E-state index contributed by atoms with van der Waals surface area (Å²) >= 11 is 0. The molecule has 1 aromatic rings. The van der Waals surface area contributed by atoms with Gasteiger partial charge in [0.2, 0.25) is 0 Å². The second-order valence-electron chi connectivity index (χ2n) is 6.40. The van der Waals surface area contributed by atoms with Gasteiger partial charge < -0.3 is 15.3 Å². The number of hydrogen-bond donors (Lipinski definition) is 2. The maximum absolute atomic E-state index is 11.0. The summed E-state index contributed by atoms with van der Waals surface area (Å²) in [5.41, 5.74) is 4.15. The maximum atomic E-state index is 11.0. The van der Waals surface area contributed by atoms with Crippen LogP contribution in [0, 0.1) is 5.92 Å². The summed E-state index contributed by atoms with van der Waals surface area (Å²) in [4.78, 5) is 13.3. The van der Waals surface area contributed by atoms with Gasteiger partial charge in [0.05, 0.1) is 5.92 Å². The highest BCUT2D eigenvalue weighted by Crippen LogP contribution is 2.28. The highest BCUT2D eigenvalue weighted by atomic mass is 16.4. The lowest BCUT2D eigenvalue weighted by atomic mass is 9.86. The van der Waals surface area contributed by atoms with E-state index in [1.54, 1.807) is 0 Å². The normalized spacial score (nSPS) is 24.9. The van der Waals surface area contributed by atoms with E-state index in [2.05, 4.69) is 35.5 Å². The van der Waals surface area contributed by atoms with E-state index < -0.39 is 5.97 Å². The standard InChI is InChI=1S/C17H24N2O2/c1-19-9-8-14-10-12(2-7-16(14)19)11-18-15-5-3-13(4-6-15)17(20)21/h2,7,10,13,15,18H,3-6,8-9,11H2,1H3,(H,20,21).